The first-order chi connectivity index (χ1) is 19.6. The van der Waals surface area contributed by atoms with E-state index < -0.39 is 23.4 Å². The maximum atomic E-state index is 14.4. The van der Waals surface area contributed by atoms with Crippen molar-refractivity contribution in [3.8, 4) is 28.3 Å². The minimum atomic E-state index is -4.72. The average Bonchev–Trinajstić information content (AvgIpc) is 3.70. The van der Waals surface area contributed by atoms with Gasteiger partial charge in [0, 0.05) is 42.5 Å². The summed E-state index contributed by atoms with van der Waals surface area (Å²) in [6.07, 6.45) is -0.111. The fourth-order valence-corrected chi connectivity index (χ4v) is 5.82. The van der Waals surface area contributed by atoms with E-state index >= 15 is 0 Å². The molecule has 1 N–H and O–H groups in total. The highest BCUT2D eigenvalue weighted by molar-refractivity contribution is 5.72. The summed E-state index contributed by atoms with van der Waals surface area (Å²) in [4.78, 5) is 21.7. The standard InChI is InChI=1S/C30H30F3N5O3/c1-18-10-20(12-21(11-18)28-15-34-17-41-28)25-14-27(37-8-3-4-19(37)2)29(40)38(35-25)26-13-22(36-9-7-23(39)16-36)5-6-24(26)30(31,32)33/h5-6,10-15,17,19,23,39H,3-4,7-9,16H2,1-2H3/t19?,23-/m0/s1. The van der Waals surface area contributed by atoms with Crippen molar-refractivity contribution in [2.75, 3.05) is 29.4 Å². The Hall–Kier alpha value is -4.12. The number of β-amino-alcohol motifs (C(OH)–C–C–N with tert-alkyl or cyclic N) is 1. The number of anilines is 2. The first-order valence-electron chi connectivity index (χ1n) is 13.6. The molecule has 2 aromatic carbocycles. The summed E-state index contributed by atoms with van der Waals surface area (Å²) in [5.74, 6) is 0.538. The highest BCUT2D eigenvalue weighted by Gasteiger charge is 2.36. The van der Waals surface area contributed by atoms with Crippen molar-refractivity contribution in [1.82, 2.24) is 14.8 Å². The minimum absolute atomic E-state index is 0.0492. The number of alkyl halides is 3. The number of rotatable bonds is 5. The molecule has 4 heterocycles. The van der Waals surface area contributed by atoms with E-state index in [2.05, 4.69) is 10.1 Å². The molecule has 0 amide bonds. The summed E-state index contributed by atoms with van der Waals surface area (Å²) in [6, 6.07) is 11.1. The molecular formula is C30H30F3N5O3. The van der Waals surface area contributed by atoms with E-state index in [0.29, 0.717) is 54.4 Å². The van der Waals surface area contributed by atoms with Crippen molar-refractivity contribution in [3.63, 3.8) is 0 Å². The van der Waals surface area contributed by atoms with Gasteiger partial charge in [0.15, 0.2) is 12.2 Å². The Morgan fingerprint density at radius 1 is 1.02 bits per heavy atom. The number of hydrogen-bond donors (Lipinski definition) is 1. The molecule has 0 bridgehead atoms. The predicted octanol–water partition coefficient (Wildman–Crippen LogP) is 5.44. The monoisotopic (exact) mass is 565 g/mol. The van der Waals surface area contributed by atoms with Gasteiger partial charge >= 0.3 is 6.18 Å². The molecule has 2 fully saturated rings. The maximum Gasteiger partial charge on any atom is 0.418 e. The van der Waals surface area contributed by atoms with Crippen LogP contribution in [0.2, 0.25) is 0 Å². The SMILES string of the molecule is Cc1cc(-c2cc(N3CCCC3C)c(=O)n(-c3cc(N4CC[C@H](O)C4)ccc3C(F)(F)F)n2)cc(-c2cnco2)c1. The Morgan fingerprint density at radius 3 is 2.49 bits per heavy atom. The molecule has 0 saturated carbocycles. The lowest BCUT2D eigenvalue weighted by atomic mass is 10.0. The van der Waals surface area contributed by atoms with Gasteiger partial charge in [-0.25, -0.2) is 4.98 Å². The predicted molar refractivity (Wildman–Crippen MR) is 149 cm³/mol. The van der Waals surface area contributed by atoms with Crippen LogP contribution in [0.3, 0.4) is 0 Å². The van der Waals surface area contributed by atoms with Crippen molar-refractivity contribution in [2.24, 2.45) is 0 Å². The van der Waals surface area contributed by atoms with E-state index in [4.69, 9.17) is 4.42 Å². The zero-order valence-corrected chi connectivity index (χ0v) is 22.7. The van der Waals surface area contributed by atoms with Crippen LogP contribution in [0.1, 0.15) is 37.3 Å². The van der Waals surface area contributed by atoms with Gasteiger partial charge in [0.2, 0.25) is 0 Å². The molecule has 4 aromatic rings. The highest BCUT2D eigenvalue weighted by atomic mass is 19.4. The minimum Gasteiger partial charge on any atom is -0.444 e. The first-order valence-corrected chi connectivity index (χ1v) is 13.6. The number of aromatic nitrogens is 3. The molecule has 214 valence electrons. The number of benzene rings is 2. The third-order valence-electron chi connectivity index (χ3n) is 7.89. The molecule has 2 atom stereocenters. The second-order valence-electron chi connectivity index (χ2n) is 10.9. The third kappa shape index (κ3) is 5.21. The van der Waals surface area contributed by atoms with E-state index in [-0.39, 0.29) is 11.7 Å². The summed E-state index contributed by atoms with van der Waals surface area (Å²) in [5, 5.41) is 14.6. The van der Waals surface area contributed by atoms with Crippen LogP contribution in [0.25, 0.3) is 28.3 Å². The Morgan fingerprint density at radius 2 is 1.83 bits per heavy atom. The molecule has 41 heavy (non-hydrogen) atoms. The lowest BCUT2D eigenvalue weighted by Crippen LogP contribution is -2.35. The van der Waals surface area contributed by atoms with Crippen LogP contribution in [0.4, 0.5) is 24.5 Å². The lowest BCUT2D eigenvalue weighted by Gasteiger charge is -2.25. The fraction of sp³-hybridized carbons (Fsp3) is 0.367. The number of hydrogen-bond acceptors (Lipinski definition) is 7. The smallest absolute Gasteiger partial charge is 0.418 e. The molecule has 0 aliphatic carbocycles. The second-order valence-corrected chi connectivity index (χ2v) is 10.9. The highest BCUT2D eigenvalue weighted by Crippen LogP contribution is 2.37. The molecular weight excluding hydrogens is 535 g/mol. The normalized spacial score (nSPS) is 19.4. The number of oxazole rings is 1. The van der Waals surface area contributed by atoms with Gasteiger partial charge in [-0.1, -0.05) is 0 Å². The van der Waals surface area contributed by atoms with Crippen LogP contribution in [0.15, 0.2) is 64.3 Å². The summed E-state index contributed by atoms with van der Waals surface area (Å²) in [7, 11) is 0. The van der Waals surface area contributed by atoms with Gasteiger partial charge < -0.3 is 19.3 Å². The number of halogens is 3. The van der Waals surface area contributed by atoms with Crippen LogP contribution in [-0.2, 0) is 6.18 Å². The molecule has 2 aliphatic rings. The Bertz CT molecular complexity index is 1630. The van der Waals surface area contributed by atoms with E-state index in [1.807, 2.05) is 41.8 Å². The number of aliphatic hydroxyl groups excluding tert-OH is 1. The Balaban J connectivity index is 1.58. The number of nitrogens with zero attached hydrogens (tertiary/aromatic N) is 5. The zero-order valence-electron chi connectivity index (χ0n) is 22.7. The van der Waals surface area contributed by atoms with Gasteiger partial charge in [0.25, 0.3) is 5.56 Å². The van der Waals surface area contributed by atoms with Gasteiger partial charge in [0.05, 0.1) is 29.2 Å². The summed E-state index contributed by atoms with van der Waals surface area (Å²) in [6.45, 7) is 5.33. The first kappa shape index (κ1) is 27.1. The summed E-state index contributed by atoms with van der Waals surface area (Å²) < 4.78 is 49.5. The maximum absolute atomic E-state index is 14.4. The van der Waals surface area contributed by atoms with Gasteiger partial charge in [-0.15, -0.1) is 0 Å². The molecule has 0 spiro atoms. The van der Waals surface area contributed by atoms with Gasteiger partial charge in [-0.2, -0.15) is 23.0 Å². The molecule has 8 nitrogen and oxygen atoms in total. The number of aliphatic hydroxyl groups is 1. The molecule has 11 heteroatoms. The zero-order chi connectivity index (χ0) is 28.9. The van der Waals surface area contributed by atoms with Crippen LogP contribution >= 0.6 is 0 Å². The molecule has 1 unspecified atom stereocenters. The largest absolute Gasteiger partial charge is 0.444 e. The molecule has 0 radical (unpaired) electrons. The summed E-state index contributed by atoms with van der Waals surface area (Å²) in [5.41, 5.74) is 1.48. The van der Waals surface area contributed by atoms with E-state index in [0.717, 1.165) is 34.7 Å². The summed E-state index contributed by atoms with van der Waals surface area (Å²) >= 11 is 0. The van der Waals surface area contributed by atoms with E-state index in [1.165, 1.54) is 18.5 Å². The quantitative estimate of drug-likeness (QED) is 0.345. The Labute approximate surface area is 234 Å². The van der Waals surface area contributed by atoms with E-state index in [9.17, 15) is 23.1 Å². The molecule has 2 saturated heterocycles. The van der Waals surface area contributed by atoms with Crippen LogP contribution in [-0.4, -0.2) is 51.7 Å². The van der Waals surface area contributed by atoms with Crippen molar-refractivity contribution in [2.45, 2.75) is 51.4 Å². The average molecular weight is 566 g/mol. The van der Waals surface area contributed by atoms with Gasteiger partial charge in [-0.05, 0) is 81.1 Å². The molecule has 6 rings (SSSR count). The fourth-order valence-electron chi connectivity index (χ4n) is 5.82. The van der Waals surface area contributed by atoms with Crippen LogP contribution in [0.5, 0.6) is 0 Å². The van der Waals surface area contributed by atoms with E-state index in [1.54, 1.807) is 12.3 Å². The molecule has 2 aromatic heterocycles. The van der Waals surface area contributed by atoms with Gasteiger partial charge in [-0.3, -0.25) is 4.79 Å². The molecule has 2 aliphatic heterocycles. The lowest BCUT2D eigenvalue weighted by molar-refractivity contribution is -0.137. The van der Waals surface area contributed by atoms with Crippen molar-refractivity contribution in [3.05, 3.63) is 76.5 Å². The van der Waals surface area contributed by atoms with Crippen molar-refractivity contribution >= 4 is 11.4 Å². The van der Waals surface area contributed by atoms with Crippen LogP contribution in [0, 0.1) is 6.92 Å². The van der Waals surface area contributed by atoms with Crippen molar-refractivity contribution < 1.29 is 22.7 Å². The van der Waals surface area contributed by atoms with Crippen molar-refractivity contribution in [1.29, 1.82) is 0 Å². The topological polar surface area (TPSA) is 87.6 Å². The number of aryl methyl sites for hydroxylation is 1. The van der Waals surface area contributed by atoms with Crippen LogP contribution < -0.4 is 15.4 Å². The third-order valence-corrected chi connectivity index (χ3v) is 7.89. The Kier molecular flexibility index (Phi) is 6.85. The second kappa shape index (κ2) is 10.4. The van der Waals surface area contributed by atoms with Gasteiger partial charge in [0.1, 0.15) is 5.69 Å².